The van der Waals surface area contributed by atoms with Crippen molar-refractivity contribution in [2.24, 2.45) is 0 Å². The lowest BCUT2D eigenvalue weighted by molar-refractivity contribution is -0.132. The topological polar surface area (TPSA) is 93.0 Å². The highest BCUT2D eigenvalue weighted by atomic mass is 35.5. The van der Waals surface area contributed by atoms with Crippen molar-refractivity contribution in [2.75, 3.05) is 18.9 Å². The molecule has 0 atom stereocenters. The first-order chi connectivity index (χ1) is 13.4. The molecule has 0 aliphatic heterocycles. The number of likely N-dealkylation sites (N-methyl/N-ethyl adjacent to an activating group) is 1. The maximum Gasteiger partial charge on any atom is 0.244 e. The second-order valence-electron chi connectivity index (χ2n) is 5.99. The molecule has 1 N–H and O–H groups in total. The highest BCUT2D eigenvalue weighted by molar-refractivity contribution is 6.39. The Morgan fingerprint density at radius 2 is 1.79 bits per heavy atom. The van der Waals surface area contributed by atoms with Crippen LogP contribution >= 0.6 is 23.2 Å². The molecular formula is C18H16Cl2N6O2. The molecule has 0 aliphatic carbocycles. The molecule has 8 nitrogen and oxygen atoms in total. The van der Waals surface area contributed by atoms with Crippen LogP contribution in [-0.4, -0.2) is 50.5 Å². The quantitative estimate of drug-likeness (QED) is 0.663. The molecule has 2 amide bonds. The summed E-state index contributed by atoms with van der Waals surface area (Å²) in [4.78, 5) is 26.0. The Morgan fingerprint density at radius 1 is 1.11 bits per heavy atom. The molecule has 1 aromatic heterocycles. The van der Waals surface area contributed by atoms with Gasteiger partial charge < -0.3 is 10.2 Å². The van der Waals surface area contributed by atoms with E-state index in [0.717, 1.165) is 11.3 Å². The third-order valence-electron chi connectivity index (χ3n) is 3.94. The summed E-state index contributed by atoms with van der Waals surface area (Å²) in [6.45, 7) is -0.122. The van der Waals surface area contributed by atoms with Crippen LogP contribution in [0.4, 0.5) is 5.69 Å². The highest BCUT2D eigenvalue weighted by Crippen LogP contribution is 2.29. The fourth-order valence-electron chi connectivity index (χ4n) is 2.46. The molecule has 28 heavy (non-hydrogen) atoms. The van der Waals surface area contributed by atoms with Gasteiger partial charge in [0.1, 0.15) is 6.33 Å². The van der Waals surface area contributed by atoms with E-state index in [-0.39, 0.29) is 24.8 Å². The van der Waals surface area contributed by atoms with Gasteiger partial charge in [-0.15, -0.1) is 5.10 Å². The number of nitrogens with zero attached hydrogens (tertiary/aromatic N) is 5. The molecule has 0 bridgehead atoms. The van der Waals surface area contributed by atoms with Crippen molar-refractivity contribution in [3.8, 4) is 5.69 Å². The number of rotatable bonds is 6. The molecule has 0 saturated heterocycles. The second kappa shape index (κ2) is 8.81. The van der Waals surface area contributed by atoms with E-state index in [9.17, 15) is 9.59 Å². The number of aromatic nitrogens is 4. The minimum absolute atomic E-state index is 0.122. The summed E-state index contributed by atoms with van der Waals surface area (Å²) in [6, 6.07) is 12.2. The lowest BCUT2D eigenvalue weighted by atomic mass is 10.1. The maximum absolute atomic E-state index is 12.4. The van der Waals surface area contributed by atoms with E-state index in [1.807, 2.05) is 24.3 Å². The number of nitrogens with one attached hydrogen (secondary N) is 1. The number of amides is 2. The van der Waals surface area contributed by atoms with Crippen LogP contribution < -0.4 is 5.32 Å². The van der Waals surface area contributed by atoms with E-state index in [1.165, 1.54) is 15.9 Å². The molecule has 144 valence electrons. The molecule has 0 aliphatic rings. The predicted molar refractivity (Wildman–Crippen MR) is 106 cm³/mol. The molecule has 0 radical (unpaired) electrons. The Kier molecular flexibility index (Phi) is 6.23. The Hall–Kier alpha value is -2.97. The molecule has 3 aromatic rings. The zero-order chi connectivity index (χ0) is 20.1. The Morgan fingerprint density at radius 3 is 2.39 bits per heavy atom. The van der Waals surface area contributed by atoms with Crippen molar-refractivity contribution in [1.82, 2.24) is 25.1 Å². The van der Waals surface area contributed by atoms with Crippen molar-refractivity contribution < 1.29 is 9.59 Å². The van der Waals surface area contributed by atoms with Crippen LogP contribution in [-0.2, 0) is 16.0 Å². The van der Waals surface area contributed by atoms with Crippen LogP contribution in [0.25, 0.3) is 5.69 Å². The van der Waals surface area contributed by atoms with Crippen molar-refractivity contribution in [3.05, 3.63) is 64.4 Å². The van der Waals surface area contributed by atoms with E-state index in [2.05, 4.69) is 20.8 Å². The zero-order valence-electron chi connectivity index (χ0n) is 14.8. The molecule has 10 heteroatoms. The SMILES string of the molecule is CN(CC(=O)Nc1c(Cl)cccc1Cl)C(=O)Cc1ccc(-n2cnnn2)cc1. The van der Waals surface area contributed by atoms with Crippen LogP contribution in [0.3, 0.4) is 0 Å². The van der Waals surface area contributed by atoms with Crippen LogP contribution in [0.15, 0.2) is 48.8 Å². The lowest BCUT2D eigenvalue weighted by Crippen LogP contribution is -2.35. The maximum atomic E-state index is 12.4. The first-order valence-corrected chi connectivity index (χ1v) is 9.00. The number of carbonyl (C=O) groups is 2. The van der Waals surface area contributed by atoms with Gasteiger partial charge in [0.15, 0.2) is 0 Å². The Bertz CT molecular complexity index is 956. The monoisotopic (exact) mass is 418 g/mol. The van der Waals surface area contributed by atoms with Gasteiger partial charge >= 0.3 is 0 Å². The van der Waals surface area contributed by atoms with Crippen LogP contribution in [0.1, 0.15) is 5.56 Å². The Labute approximate surface area is 171 Å². The van der Waals surface area contributed by atoms with Gasteiger partial charge in [0.05, 0.1) is 34.4 Å². The molecule has 3 rings (SSSR count). The summed E-state index contributed by atoms with van der Waals surface area (Å²) < 4.78 is 1.52. The van der Waals surface area contributed by atoms with Crippen molar-refractivity contribution in [2.45, 2.75) is 6.42 Å². The van der Waals surface area contributed by atoms with Gasteiger partial charge in [-0.25, -0.2) is 4.68 Å². The summed E-state index contributed by atoms with van der Waals surface area (Å²) >= 11 is 12.1. The minimum atomic E-state index is -0.389. The predicted octanol–water partition coefficient (Wildman–Crippen LogP) is 2.61. The number of benzene rings is 2. The number of hydrogen-bond donors (Lipinski definition) is 1. The van der Waals surface area contributed by atoms with Crippen molar-refractivity contribution >= 4 is 40.7 Å². The first kappa shape index (κ1) is 19.8. The van der Waals surface area contributed by atoms with Gasteiger partial charge in [-0.3, -0.25) is 9.59 Å². The number of anilines is 1. The third-order valence-corrected chi connectivity index (χ3v) is 4.57. The van der Waals surface area contributed by atoms with E-state index >= 15 is 0 Å². The fraction of sp³-hybridized carbons (Fsp3) is 0.167. The number of carbonyl (C=O) groups excluding carboxylic acids is 2. The van der Waals surface area contributed by atoms with Crippen molar-refractivity contribution in [1.29, 1.82) is 0 Å². The molecule has 0 spiro atoms. The largest absolute Gasteiger partial charge is 0.336 e. The first-order valence-electron chi connectivity index (χ1n) is 8.24. The van der Waals surface area contributed by atoms with Crippen LogP contribution in [0.5, 0.6) is 0 Å². The van der Waals surface area contributed by atoms with E-state index in [0.29, 0.717) is 15.7 Å². The highest BCUT2D eigenvalue weighted by Gasteiger charge is 2.16. The second-order valence-corrected chi connectivity index (χ2v) is 6.81. The number of tetrazole rings is 1. The number of halogens is 2. The standard InChI is InChI=1S/C18H16Cl2N6O2/c1-25(10-16(27)22-18-14(19)3-2-4-15(18)20)17(28)9-12-5-7-13(8-6-12)26-11-21-23-24-26/h2-8,11H,9-10H2,1H3,(H,22,27). The molecule has 0 saturated carbocycles. The molecular weight excluding hydrogens is 403 g/mol. The Balaban J connectivity index is 1.56. The number of para-hydroxylation sites is 1. The summed E-state index contributed by atoms with van der Waals surface area (Å²) in [5, 5.41) is 14.3. The van der Waals surface area contributed by atoms with E-state index < -0.39 is 0 Å². The van der Waals surface area contributed by atoms with Gasteiger partial charge in [-0.2, -0.15) is 0 Å². The molecule has 2 aromatic carbocycles. The lowest BCUT2D eigenvalue weighted by Gasteiger charge is -2.17. The van der Waals surface area contributed by atoms with Crippen molar-refractivity contribution in [3.63, 3.8) is 0 Å². The summed E-state index contributed by atoms with van der Waals surface area (Å²) in [5.41, 5.74) is 1.92. The molecule has 1 heterocycles. The average Bonchev–Trinajstić information content (AvgIpc) is 3.20. The van der Waals surface area contributed by atoms with E-state index in [1.54, 1.807) is 25.2 Å². The normalized spacial score (nSPS) is 10.5. The van der Waals surface area contributed by atoms with Gasteiger partial charge in [0, 0.05) is 7.05 Å². The molecule has 0 unspecified atom stereocenters. The smallest absolute Gasteiger partial charge is 0.244 e. The van der Waals surface area contributed by atoms with Crippen LogP contribution in [0, 0.1) is 0 Å². The van der Waals surface area contributed by atoms with Gasteiger partial charge in [0.2, 0.25) is 11.8 Å². The summed E-state index contributed by atoms with van der Waals surface area (Å²) in [7, 11) is 1.56. The number of hydrogen-bond acceptors (Lipinski definition) is 5. The van der Waals surface area contributed by atoms with Gasteiger partial charge in [-0.05, 0) is 40.3 Å². The summed E-state index contributed by atoms with van der Waals surface area (Å²) in [6.07, 6.45) is 1.64. The third kappa shape index (κ3) is 4.85. The molecule has 0 fully saturated rings. The van der Waals surface area contributed by atoms with E-state index in [4.69, 9.17) is 23.2 Å². The fourth-order valence-corrected chi connectivity index (χ4v) is 2.95. The summed E-state index contributed by atoms with van der Waals surface area (Å²) in [5.74, 6) is -0.588. The average molecular weight is 419 g/mol. The minimum Gasteiger partial charge on any atom is -0.336 e. The van der Waals surface area contributed by atoms with Gasteiger partial charge in [0.25, 0.3) is 0 Å². The zero-order valence-corrected chi connectivity index (χ0v) is 16.4. The van der Waals surface area contributed by atoms with Gasteiger partial charge in [-0.1, -0.05) is 41.4 Å². The van der Waals surface area contributed by atoms with Crippen LogP contribution in [0.2, 0.25) is 10.0 Å².